The van der Waals surface area contributed by atoms with Crippen LogP contribution in [-0.4, -0.2) is 62.8 Å². The summed E-state index contributed by atoms with van der Waals surface area (Å²) in [5, 5.41) is 47.2. The van der Waals surface area contributed by atoms with Crippen LogP contribution in [0, 0.1) is 0 Å². The van der Waals surface area contributed by atoms with Crippen molar-refractivity contribution < 1.29 is 39.4 Å². The molecule has 118 valence electrons. The molecule has 0 bridgehead atoms. The minimum atomic E-state index is -1.66. The summed E-state index contributed by atoms with van der Waals surface area (Å²) < 4.78 is 15.1. The van der Waals surface area contributed by atoms with Crippen LogP contribution >= 0.6 is 0 Å². The molecule has 5 atom stereocenters. The third kappa shape index (κ3) is 3.07. The SMILES string of the molecule is O=c1ccoc(CO)c1O[C@@H]1O[C@H](CO)[C@@H](O)[C@H](O)[C@H]1O. The lowest BCUT2D eigenvalue weighted by atomic mass is 9.99. The molecule has 0 aliphatic carbocycles. The van der Waals surface area contributed by atoms with Crippen LogP contribution in [0.5, 0.6) is 5.75 Å². The fraction of sp³-hybridized carbons (Fsp3) is 0.583. The minimum Gasteiger partial charge on any atom is -0.463 e. The summed E-state index contributed by atoms with van der Waals surface area (Å²) in [7, 11) is 0. The normalized spacial score (nSPS) is 32.9. The molecule has 0 unspecified atom stereocenters. The van der Waals surface area contributed by atoms with Gasteiger partial charge < -0.3 is 39.4 Å². The van der Waals surface area contributed by atoms with Crippen LogP contribution in [0.15, 0.2) is 21.5 Å². The number of hydrogen-bond acceptors (Lipinski definition) is 9. The second kappa shape index (κ2) is 6.52. The highest BCUT2D eigenvalue weighted by atomic mass is 16.7. The van der Waals surface area contributed by atoms with E-state index in [0.717, 1.165) is 12.3 Å². The zero-order valence-corrected chi connectivity index (χ0v) is 10.8. The quantitative estimate of drug-likeness (QED) is 0.400. The maximum Gasteiger partial charge on any atom is 0.229 e. The lowest BCUT2D eigenvalue weighted by Gasteiger charge is -2.39. The molecule has 21 heavy (non-hydrogen) atoms. The summed E-state index contributed by atoms with van der Waals surface area (Å²) in [4.78, 5) is 11.7. The van der Waals surface area contributed by atoms with E-state index in [1.807, 2.05) is 0 Å². The number of aliphatic hydroxyl groups is 5. The predicted molar refractivity (Wildman–Crippen MR) is 65.3 cm³/mol. The third-order valence-corrected chi connectivity index (χ3v) is 3.13. The van der Waals surface area contributed by atoms with Crippen molar-refractivity contribution in [3.8, 4) is 5.75 Å². The fourth-order valence-electron chi connectivity index (χ4n) is 1.96. The zero-order chi connectivity index (χ0) is 15.6. The molecule has 2 heterocycles. The van der Waals surface area contributed by atoms with E-state index in [2.05, 4.69) is 0 Å². The highest BCUT2D eigenvalue weighted by Gasteiger charge is 2.45. The van der Waals surface area contributed by atoms with E-state index in [0.29, 0.717) is 0 Å². The van der Waals surface area contributed by atoms with Gasteiger partial charge in [0.15, 0.2) is 5.76 Å². The monoisotopic (exact) mass is 304 g/mol. The van der Waals surface area contributed by atoms with Crippen LogP contribution < -0.4 is 10.2 Å². The van der Waals surface area contributed by atoms with Gasteiger partial charge in [-0.2, -0.15) is 0 Å². The first-order chi connectivity index (χ1) is 9.99. The molecule has 2 rings (SSSR count). The summed E-state index contributed by atoms with van der Waals surface area (Å²) >= 11 is 0. The topological polar surface area (TPSA) is 150 Å². The number of ether oxygens (including phenoxy) is 2. The number of hydrogen-bond donors (Lipinski definition) is 5. The zero-order valence-electron chi connectivity index (χ0n) is 10.8. The summed E-state index contributed by atoms with van der Waals surface area (Å²) in [6, 6.07) is 1.04. The average Bonchev–Trinajstić information content (AvgIpc) is 2.49. The van der Waals surface area contributed by atoms with Crippen molar-refractivity contribution in [1.29, 1.82) is 0 Å². The number of rotatable bonds is 4. The summed E-state index contributed by atoms with van der Waals surface area (Å²) in [5.41, 5.74) is -0.623. The van der Waals surface area contributed by atoms with Crippen LogP contribution in [-0.2, 0) is 11.3 Å². The van der Waals surface area contributed by atoms with Crippen molar-refractivity contribution in [3.63, 3.8) is 0 Å². The largest absolute Gasteiger partial charge is 0.463 e. The van der Waals surface area contributed by atoms with Gasteiger partial charge in [-0.25, -0.2) is 0 Å². The second-order valence-electron chi connectivity index (χ2n) is 4.51. The molecular weight excluding hydrogens is 288 g/mol. The molecule has 5 N–H and O–H groups in total. The predicted octanol–water partition coefficient (Wildman–Crippen LogP) is -2.69. The van der Waals surface area contributed by atoms with E-state index in [1.165, 1.54) is 0 Å². The van der Waals surface area contributed by atoms with Crippen molar-refractivity contribution >= 4 is 0 Å². The standard InChI is InChI=1S/C12H16O9/c13-3-6-8(16)9(17)10(18)12(20-6)21-11-5(15)1-2-19-7(11)4-14/h1-2,6,8-10,12-14,16-18H,3-4H2/t6-,8-,9+,10-,12+/m1/s1. The third-order valence-electron chi connectivity index (χ3n) is 3.13. The molecule has 0 amide bonds. The summed E-state index contributed by atoms with van der Waals surface area (Å²) in [6.07, 6.45) is -6.44. The van der Waals surface area contributed by atoms with Crippen LogP contribution in [0.2, 0.25) is 0 Å². The van der Waals surface area contributed by atoms with Gasteiger partial charge in [0.05, 0.1) is 12.9 Å². The Labute approximate surface area is 118 Å². The molecule has 1 aromatic heterocycles. The highest BCUT2D eigenvalue weighted by molar-refractivity contribution is 5.24. The van der Waals surface area contributed by atoms with Crippen LogP contribution in [0.25, 0.3) is 0 Å². The van der Waals surface area contributed by atoms with E-state index in [-0.39, 0.29) is 11.5 Å². The molecule has 0 spiro atoms. The molecule has 1 fully saturated rings. The smallest absolute Gasteiger partial charge is 0.229 e. The van der Waals surface area contributed by atoms with Gasteiger partial charge in [-0.3, -0.25) is 4.79 Å². The van der Waals surface area contributed by atoms with Crippen LogP contribution in [0.3, 0.4) is 0 Å². The first kappa shape index (κ1) is 15.9. The van der Waals surface area contributed by atoms with Gasteiger partial charge in [-0.05, 0) is 0 Å². The Balaban J connectivity index is 2.24. The number of aliphatic hydroxyl groups excluding tert-OH is 5. The maximum absolute atomic E-state index is 11.7. The molecule has 1 aromatic rings. The van der Waals surface area contributed by atoms with Gasteiger partial charge in [0.1, 0.15) is 31.0 Å². The first-order valence-electron chi connectivity index (χ1n) is 6.18. The van der Waals surface area contributed by atoms with E-state index in [4.69, 9.17) is 24.1 Å². The highest BCUT2D eigenvalue weighted by Crippen LogP contribution is 2.24. The Morgan fingerprint density at radius 2 is 1.86 bits per heavy atom. The molecule has 0 saturated carbocycles. The molecule has 1 saturated heterocycles. The van der Waals surface area contributed by atoms with E-state index < -0.39 is 49.3 Å². The minimum absolute atomic E-state index is 0.181. The van der Waals surface area contributed by atoms with Gasteiger partial charge in [0.25, 0.3) is 0 Å². The maximum atomic E-state index is 11.7. The molecule has 0 radical (unpaired) electrons. The fourth-order valence-corrected chi connectivity index (χ4v) is 1.96. The van der Waals surface area contributed by atoms with Gasteiger partial charge >= 0.3 is 0 Å². The molecule has 9 heteroatoms. The van der Waals surface area contributed by atoms with Gasteiger partial charge in [-0.1, -0.05) is 0 Å². The van der Waals surface area contributed by atoms with E-state index >= 15 is 0 Å². The van der Waals surface area contributed by atoms with Crippen LogP contribution in [0.4, 0.5) is 0 Å². The summed E-state index contributed by atoms with van der Waals surface area (Å²) in [6.45, 7) is -1.25. The molecular formula is C12H16O9. The lowest BCUT2D eigenvalue weighted by Crippen LogP contribution is -2.60. The Kier molecular flexibility index (Phi) is 4.93. The van der Waals surface area contributed by atoms with Crippen molar-refractivity contribution in [2.45, 2.75) is 37.3 Å². The Hall–Kier alpha value is -1.49. The van der Waals surface area contributed by atoms with E-state index in [9.17, 15) is 20.1 Å². The van der Waals surface area contributed by atoms with E-state index in [1.54, 1.807) is 0 Å². The van der Waals surface area contributed by atoms with Crippen molar-refractivity contribution in [2.24, 2.45) is 0 Å². The average molecular weight is 304 g/mol. The Morgan fingerprint density at radius 3 is 2.48 bits per heavy atom. The van der Waals surface area contributed by atoms with Crippen LogP contribution in [0.1, 0.15) is 5.76 Å². The Bertz CT molecular complexity index is 526. The molecule has 1 aliphatic rings. The second-order valence-corrected chi connectivity index (χ2v) is 4.51. The first-order valence-corrected chi connectivity index (χ1v) is 6.18. The molecule has 0 aromatic carbocycles. The van der Waals surface area contributed by atoms with Gasteiger partial charge in [0, 0.05) is 6.07 Å². The van der Waals surface area contributed by atoms with Crippen molar-refractivity contribution in [1.82, 2.24) is 0 Å². The molecule has 9 nitrogen and oxygen atoms in total. The summed E-state index contributed by atoms with van der Waals surface area (Å²) in [5.74, 6) is -0.566. The van der Waals surface area contributed by atoms with Crippen molar-refractivity contribution in [3.05, 3.63) is 28.3 Å². The van der Waals surface area contributed by atoms with Gasteiger partial charge in [0.2, 0.25) is 17.5 Å². The van der Waals surface area contributed by atoms with Crippen molar-refractivity contribution in [2.75, 3.05) is 6.61 Å². The molecule has 1 aliphatic heterocycles. The Morgan fingerprint density at radius 1 is 1.14 bits per heavy atom. The lowest BCUT2D eigenvalue weighted by molar-refractivity contribution is -0.278. The van der Waals surface area contributed by atoms with Gasteiger partial charge in [-0.15, -0.1) is 0 Å².